The SMILES string of the molecule is CC/C=C(\C)C(=O)NCc1ccc(C(=O)N(C)C)cc1. The standard InChI is InChI=1S/C16H22N2O2/c1-5-6-12(2)15(19)17-11-13-7-9-14(10-8-13)16(20)18(3)4/h6-10H,5,11H2,1-4H3,(H,17,19)/b12-6+. The maximum absolute atomic E-state index is 11.7. The number of allylic oxidation sites excluding steroid dienone is 1. The third-order valence-corrected chi connectivity index (χ3v) is 2.93. The molecule has 0 saturated carbocycles. The van der Waals surface area contributed by atoms with E-state index in [9.17, 15) is 9.59 Å². The Hall–Kier alpha value is -2.10. The van der Waals surface area contributed by atoms with Crippen LogP contribution in [0.4, 0.5) is 0 Å². The normalized spacial score (nSPS) is 11.1. The molecule has 0 aliphatic heterocycles. The van der Waals surface area contributed by atoms with E-state index >= 15 is 0 Å². The molecule has 20 heavy (non-hydrogen) atoms. The van der Waals surface area contributed by atoms with Gasteiger partial charge in [0.2, 0.25) is 5.91 Å². The zero-order chi connectivity index (χ0) is 15.1. The average molecular weight is 274 g/mol. The molecule has 1 N–H and O–H groups in total. The minimum atomic E-state index is -0.0553. The number of carbonyl (C=O) groups excluding carboxylic acids is 2. The fourth-order valence-electron chi connectivity index (χ4n) is 1.74. The van der Waals surface area contributed by atoms with Crippen LogP contribution in [0.2, 0.25) is 0 Å². The molecular weight excluding hydrogens is 252 g/mol. The van der Waals surface area contributed by atoms with Crippen molar-refractivity contribution >= 4 is 11.8 Å². The number of nitrogens with one attached hydrogen (secondary N) is 1. The number of nitrogens with zero attached hydrogens (tertiary/aromatic N) is 1. The van der Waals surface area contributed by atoms with Crippen LogP contribution in [-0.2, 0) is 11.3 Å². The van der Waals surface area contributed by atoms with Gasteiger partial charge in [0, 0.05) is 31.8 Å². The van der Waals surface area contributed by atoms with E-state index in [2.05, 4.69) is 5.32 Å². The largest absolute Gasteiger partial charge is 0.348 e. The Labute approximate surface area is 120 Å². The van der Waals surface area contributed by atoms with Crippen LogP contribution in [0.25, 0.3) is 0 Å². The van der Waals surface area contributed by atoms with E-state index in [0.29, 0.717) is 12.1 Å². The molecule has 0 radical (unpaired) electrons. The Morgan fingerprint density at radius 3 is 2.30 bits per heavy atom. The predicted octanol–water partition coefficient (Wildman–Crippen LogP) is 2.36. The van der Waals surface area contributed by atoms with Crippen LogP contribution in [0.1, 0.15) is 36.2 Å². The van der Waals surface area contributed by atoms with Crippen LogP contribution in [0.5, 0.6) is 0 Å². The van der Waals surface area contributed by atoms with Gasteiger partial charge in [0.05, 0.1) is 0 Å². The lowest BCUT2D eigenvalue weighted by atomic mass is 10.1. The van der Waals surface area contributed by atoms with Gasteiger partial charge >= 0.3 is 0 Å². The van der Waals surface area contributed by atoms with Crippen LogP contribution in [-0.4, -0.2) is 30.8 Å². The van der Waals surface area contributed by atoms with Gasteiger partial charge in [-0.15, -0.1) is 0 Å². The van der Waals surface area contributed by atoms with Gasteiger partial charge < -0.3 is 10.2 Å². The van der Waals surface area contributed by atoms with Crippen LogP contribution >= 0.6 is 0 Å². The number of hydrogen-bond donors (Lipinski definition) is 1. The summed E-state index contributed by atoms with van der Waals surface area (Å²) < 4.78 is 0. The summed E-state index contributed by atoms with van der Waals surface area (Å²) in [6, 6.07) is 7.27. The van der Waals surface area contributed by atoms with Gasteiger partial charge in [0.15, 0.2) is 0 Å². The summed E-state index contributed by atoms with van der Waals surface area (Å²) >= 11 is 0. The minimum absolute atomic E-state index is 0.0256. The summed E-state index contributed by atoms with van der Waals surface area (Å²) in [6.07, 6.45) is 2.74. The van der Waals surface area contributed by atoms with Crippen molar-refractivity contribution in [3.63, 3.8) is 0 Å². The molecule has 4 nitrogen and oxygen atoms in total. The van der Waals surface area contributed by atoms with Gasteiger partial charge in [-0.1, -0.05) is 25.1 Å². The number of benzene rings is 1. The number of hydrogen-bond acceptors (Lipinski definition) is 2. The molecule has 0 heterocycles. The Balaban J connectivity index is 2.61. The summed E-state index contributed by atoms with van der Waals surface area (Å²) in [6.45, 7) is 4.26. The van der Waals surface area contributed by atoms with Gasteiger partial charge in [-0.2, -0.15) is 0 Å². The van der Waals surface area contributed by atoms with Crippen LogP contribution in [0, 0.1) is 0 Å². The first-order valence-electron chi connectivity index (χ1n) is 6.71. The highest BCUT2D eigenvalue weighted by Crippen LogP contribution is 2.06. The molecule has 0 unspecified atom stereocenters. The van der Waals surface area contributed by atoms with Crippen molar-refractivity contribution in [2.45, 2.75) is 26.8 Å². The number of amides is 2. The predicted molar refractivity (Wildman–Crippen MR) is 80.4 cm³/mol. The highest BCUT2D eigenvalue weighted by atomic mass is 16.2. The second kappa shape index (κ2) is 7.48. The summed E-state index contributed by atoms with van der Waals surface area (Å²) in [5, 5.41) is 2.85. The lowest BCUT2D eigenvalue weighted by molar-refractivity contribution is -0.117. The lowest BCUT2D eigenvalue weighted by Crippen LogP contribution is -2.24. The van der Waals surface area contributed by atoms with E-state index < -0.39 is 0 Å². The van der Waals surface area contributed by atoms with E-state index in [1.54, 1.807) is 33.2 Å². The molecular formula is C16H22N2O2. The van der Waals surface area contributed by atoms with E-state index in [0.717, 1.165) is 17.6 Å². The van der Waals surface area contributed by atoms with Crippen LogP contribution < -0.4 is 5.32 Å². The first-order valence-corrected chi connectivity index (χ1v) is 6.71. The van der Waals surface area contributed by atoms with Gasteiger partial charge in [-0.3, -0.25) is 9.59 Å². The lowest BCUT2D eigenvalue weighted by Gasteiger charge is -2.11. The molecule has 1 aromatic rings. The van der Waals surface area contributed by atoms with Crippen LogP contribution in [0.15, 0.2) is 35.9 Å². The zero-order valence-electron chi connectivity index (χ0n) is 12.6. The third-order valence-electron chi connectivity index (χ3n) is 2.93. The van der Waals surface area contributed by atoms with E-state index in [4.69, 9.17) is 0 Å². The molecule has 0 aliphatic rings. The van der Waals surface area contributed by atoms with Crippen molar-refractivity contribution in [1.29, 1.82) is 0 Å². The summed E-state index contributed by atoms with van der Waals surface area (Å²) in [7, 11) is 3.44. The molecule has 0 saturated heterocycles. The summed E-state index contributed by atoms with van der Waals surface area (Å²) in [5.74, 6) is -0.0809. The molecule has 0 fully saturated rings. The van der Waals surface area contributed by atoms with Crippen molar-refractivity contribution in [2.75, 3.05) is 14.1 Å². The smallest absolute Gasteiger partial charge is 0.253 e. The highest BCUT2D eigenvalue weighted by Gasteiger charge is 2.07. The van der Waals surface area contributed by atoms with E-state index in [1.807, 2.05) is 25.1 Å². The highest BCUT2D eigenvalue weighted by molar-refractivity contribution is 5.94. The molecule has 0 bridgehead atoms. The first-order chi connectivity index (χ1) is 9.45. The second-order valence-electron chi connectivity index (χ2n) is 4.87. The van der Waals surface area contributed by atoms with Crippen molar-refractivity contribution < 1.29 is 9.59 Å². The van der Waals surface area contributed by atoms with Crippen molar-refractivity contribution in [3.8, 4) is 0 Å². The van der Waals surface area contributed by atoms with Crippen molar-refractivity contribution in [3.05, 3.63) is 47.0 Å². The average Bonchev–Trinajstić information content (AvgIpc) is 2.44. The van der Waals surface area contributed by atoms with Gasteiger partial charge in [-0.25, -0.2) is 0 Å². The van der Waals surface area contributed by atoms with Crippen molar-refractivity contribution in [1.82, 2.24) is 10.2 Å². The zero-order valence-corrected chi connectivity index (χ0v) is 12.6. The minimum Gasteiger partial charge on any atom is -0.348 e. The Morgan fingerprint density at radius 2 is 1.80 bits per heavy atom. The summed E-state index contributed by atoms with van der Waals surface area (Å²) in [5.41, 5.74) is 2.34. The fourth-order valence-corrected chi connectivity index (χ4v) is 1.74. The topological polar surface area (TPSA) is 49.4 Å². The van der Waals surface area contributed by atoms with Gasteiger partial charge in [-0.05, 0) is 31.0 Å². The third kappa shape index (κ3) is 4.53. The molecule has 0 atom stereocenters. The number of carbonyl (C=O) groups is 2. The van der Waals surface area contributed by atoms with Crippen LogP contribution in [0.3, 0.4) is 0 Å². The first kappa shape index (κ1) is 16.0. The van der Waals surface area contributed by atoms with E-state index in [1.165, 1.54) is 4.90 Å². The Morgan fingerprint density at radius 1 is 1.20 bits per heavy atom. The molecule has 0 aliphatic carbocycles. The molecule has 2 amide bonds. The second-order valence-corrected chi connectivity index (χ2v) is 4.87. The quantitative estimate of drug-likeness (QED) is 0.838. The van der Waals surface area contributed by atoms with Crippen molar-refractivity contribution in [2.24, 2.45) is 0 Å². The van der Waals surface area contributed by atoms with Gasteiger partial charge in [0.25, 0.3) is 5.91 Å². The maximum Gasteiger partial charge on any atom is 0.253 e. The van der Waals surface area contributed by atoms with E-state index in [-0.39, 0.29) is 11.8 Å². The Bertz CT molecular complexity index is 502. The maximum atomic E-state index is 11.7. The molecule has 1 rings (SSSR count). The molecule has 0 aromatic heterocycles. The number of rotatable bonds is 5. The monoisotopic (exact) mass is 274 g/mol. The Kier molecular flexibility index (Phi) is 5.97. The molecule has 0 spiro atoms. The fraction of sp³-hybridized carbons (Fsp3) is 0.375. The molecule has 1 aromatic carbocycles. The molecule has 108 valence electrons. The molecule has 4 heteroatoms. The summed E-state index contributed by atoms with van der Waals surface area (Å²) in [4.78, 5) is 25.0. The van der Waals surface area contributed by atoms with Gasteiger partial charge in [0.1, 0.15) is 0 Å².